The van der Waals surface area contributed by atoms with Gasteiger partial charge in [-0.25, -0.2) is 0 Å². The van der Waals surface area contributed by atoms with Crippen molar-refractivity contribution in [3.05, 3.63) is 34.9 Å². The number of nitrogens with one attached hydrogen (secondary N) is 1. The van der Waals surface area contributed by atoms with Crippen LogP contribution in [-0.2, 0) is 0 Å². The molecule has 3 N–H and O–H groups in total. The maximum Gasteiger partial charge on any atom is 0.0589 e. The third kappa shape index (κ3) is 3.30. The maximum absolute atomic E-state index is 5.60. The fourth-order valence-corrected chi connectivity index (χ4v) is 1.74. The molecule has 0 heterocycles. The highest BCUT2D eigenvalue weighted by atomic mass is 15.3. The van der Waals surface area contributed by atoms with E-state index in [9.17, 15) is 0 Å². The molecule has 0 aromatic heterocycles. The van der Waals surface area contributed by atoms with Gasteiger partial charge >= 0.3 is 0 Å². The summed E-state index contributed by atoms with van der Waals surface area (Å²) in [6, 6.07) is 6.66. The van der Waals surface area contributed by atoms with E-state index < -0.39 is 0 Å². The van der Waals surface area contributed by atoms with Gasteiger partial charge in [0.05, 0.1) is 6.04 Å². The number of benzene rings is 1. The minimum Gasteiger partial charge on any atom is -0.307 e. The number of hydrogen-bond donors (Lipinski definition) is 2. The molecule has 0 aliphatic carbocycles. The van der Waals surface area contributed by atoms with Gasteiger partial charge in [0, 0.05) is 6.54 Å². The zero-order valence-electron chi connectivity index (χ0n) is 10.0. The zero-order chi connectivity index (χ0) is 11.4. The number of hydrogen-bond acceptors (Lipinski definition) is 3. The molecule has 0 spiro atoms. The van der Waals surface area contributed by atoms with Gasteiger partial charge in [0.15, 0.2) is 0 Å². The number of likely N-dealkylation sites (N-methyl/N-ethyl adjacent to an activating group) is 1. The van der Waals surface area contributed by atoms with Crippen molar-refractivity contribution in [3.63, 3.8) is 0 Å². The van der Waals surface area contributed by atoms with Gasteiger partial charge in [0.2, 0.25) is 0 Å². The van der Waals surface area contributed by atoms with Gasteiger partial charge in [-0.2, -0.15) is 0 Å². The molecule has 0 bridgehead atoms. The summed E-state index contributed by atoms with van der Waals surface area (Å²) in [6.45, 7) is 5.13. The Morgan fingerprint density at radius 2 is 2.00 bits per heavy atom. The minimum absolute atomic E-state index is 0.194. The molecule has 3 nitrogen and oxygen atoms in total. The van der Waals surface area contributed by atoms with Crippen molar-refractivity contribution in [2.75, 3.05) is 20.6 Å². The van der Waals surface area contributed by atoms with Crippen LogP contribution in [0.1, 0.15) is 22.7 Å². The van der Waals surface area contributed by atoms with Crippen LogP contribution in [0.25, 0.3) is 0 Å². The number of rotatable bonds is 4. The SMILES string of the molecule is Cc1ccc(C)c(C(CN(C)C)NN)c1. The number of nitrogens with two attached hydrogens (primary N) is 1. The second kappa shape index (κ2) is 5.26. The average Bonchev–Trinajstić information content (AvgIpc) is 2.18. The van der Waals surface area contributed by atoms with Crippen LogP contribution in [0.5, 0.6) is 0 Å². The van der Waals surface area contributed by atoms with E-state index >= 15 is 0 Å². The lowest BCUT2D eigenvalue weighted by Crippen LogP contribution is -2.35. The molecule has 1 rings (SSSR count). The van der Waals surface area contributed by atoms with Crippen LogP contribution in [0.3, 0.4) is 0 Å². The Morgan fingerprint density at radius 3 is 2.53 bits per heavy atom. The lowest BCUT2D eigenvalue weighted by molar-refractivity contribution is 0.344. The Labute approximate surface area is 92.2 Å². The predicted octanol–water partition coefficient (Wildman–Crippen LogP) is 1.37. The minimum atomic E-state index is 0.194. The van der Waals surface area contributed by atoms with Gasteiger partial charge in [-0.3, -0.25) is 11.3 Å². The van der Waals surface area contributed by atoms with Crippen molar-refractivity contribution in [1.29, 1.82) is 0 Å². The Kier molecular flexibility index (Phi) is 4.27. The fourth-order valence-electron chi connectivity index (χ4n) is 1.74. The fraction of sp³-hybridized carbons (Fsp3) is 0.500. The maximum atomic E-state index is 5.60. The van der Waals surface area contributed by atoms with E-state index in [2.05, 4.69) is 56.5 Å². The Bertz CT molecular complexity index is 321. The van der Waals surface area contributed by atoms with Crippen molar-refractivity contribution < 1.29 is 0 Å². The largest absolute Gasteiger partial charge is 0.307 e. The Morgan fingerprint density at radius 1 is 1.33 bits per heavy atom. The van der Waals surface area contributed by atoms with Gasteiger partial charge in [-0.15, -0.1) is 0 Å². The van der Waals surface area contributed by atoms with E-state index in [4.69, 9.17) is 5.84 Å². The monoisotopic (exact) mass is 207 g/mol. The molecular weight excluding hydrogens is 186 g/mol. The molecule has 15 heavy (non-hydrogen) atoms. The third-order valence-electron chi connectivity index (χ3n) is 2.56. The van der Waals surface area contributed by atoms with Crippen LogP contribution < -0.4 is 11.3 Å². The third-order valence-corrected chi connectivity index (χ3v) is 2.56. The summed E-state index contributed by atoms with van der Waals surface area (Å²) in [5.74, 6) is 5.60. The first-order valence-corrected chi connectivity index (χ1v) is 5.22. The Hall–Kier alpha value is -0.900. The molecule has 0 fully saturated rings. The number of nitrogens with zero attached hydrogens (tertiary/aromatic N) is 1. The van der Waals surface area contributed by atoms with E-state index in [0.717, 1.165) is 6.54 Å². The molecule has 1 atom stereocenters. The Balaban J connectivity index is 2.95. The summed E-state index contributed by atoms with van der Waals surface area (Å²) in [5, 5.41) is 0. The summed E-state index contributed by atoms with van der Waals surface area (Å²) in [5.41, 5.74) is 6.72. The standard InChI is InChI=1S/C12H21N3/c1-9-5-6-10(2)11(7-9)12(14-13)8-15(3)4/h5-7,12,14H,8,13H2,1-4H3. The first kappa shape index (κ1) is 12.2. The second-order valence-corrected chi connectivity index (χ2v) is 4.34. The number of hydrazine groups is 1. The van der Waals surface area contributed by atoms with Crippen LogP contribution in [0.15, 0.2) is 18.2 Å². The van der Waals surface area contributed by atoms with Crippen molar-refractivity contribution in [2.45, 2.75) is 19.9 Å². The van der Waals surface area contributed by atoms with Gasteiger partial charge in [-0.1, -0.05) is 23.8 Å². The van der Waals surface area contributed by atoms with E-state index in [0.29, 0.717) is 0 Å². The van der Waals surface area contributed by atoms with Gasteiger partial charge in [0.25, 0.3) is 0 Å². The van der Waals surface area contributed by atoms with E-state index in [1.807, 2.05) is 0 Å². The van der Waals surface area contributed by atoms with Crippen molar-refractivity contribution in [1.82, 2.24) is 10.3 Å². The molecule has 1 unspecified atom stereocenters. The highest BCUT2D eigenvalue weighted by molar-refractivity contribution is 5.33. The lowest BCUT2D eigenvalue weighted by atomic mass is 9.99. The smallest absolute Gasteiger partial charge is 0.0589 e. The summed E-state index contributed by atoms with van der Waals surface area (Å²) in [7, 11) is 4.10. The summed E-state index contributed by atoms with van der Waals surface area (Å²) in [4.78, 5) is 2.13. The van der Waals surface area contributed by atoms with Crippen molar-refractivity contribution >= 4 is 0 Å². The first-order chi connectivity index (χ1) is 7.04. The summed E-state index contributed by atoms with van der Waals surface area (Å²) < 4.78 is 0. The molecule has 0 aliphatic rings. The molecule has 0 radical (unpaired) electrons. The van der Waals surface area contributed by atoms with Gasteiger partial charge in [0.1, 0.15) is 0 Å². The average molecular weight is 207 g/mol. The van der Waals surface area contributed by atoms with Gasteiger partial charge in [-0.05, 0) is 39.1 Å². The van der Waals surface area contributed by atoms with E-state index in [1.165, 1.54) is 16.7 Å². The molecule has 0 saturated carbocycles. The molecule has 0 saturated heterocycles. The van der Waals surface area contributed by atoms with Crippen LogP contribution in [0, 0.1) is 13.8 Å². The predicted molar refractivity (Wildman–Crippen MR) is 64.5 cm³/mol. The zero-order valence-corrected chi connectivity index (χ0v) is 10.0. The molecule has 1 aromatic carbocycles. The van der Waals surface area contributed by atoms with Gasteiger partial charge < -0.3 is 4.90 Å². The van der Waals surface area contributed by atoms with Crippen molar-refractivity contribution in [2.24, 2.45) is 5.84 Å². The molecule has 0 amide bonds. The normalized spacial score (nSPS) is 13.2. The van der Waals surface area contributed by atoms with Crippen LogP contribution in [0.4, 0.5) is 0 Å². The molecule has 0 aliphatic heterocycles. The van der Waals surface area contributed by atoms with E-state index in [-0.39, 0.29) is 6.04 Å². The van der Waals surface area contributed by atoms with E-state index in [1.54, 1.807) is 0 Å². The number of aryl methyl sites for hydroxylation is 2. The van der Waals surface area contributed by atoms with Crippen LogP contribution >= 0.6 is 0 Å². The summed E-state index contributed by atoms with van der Waals surface area (Å²) >= 11 is 0. The van der Waals surface area contributed by atoms with Crippen molar-refractivity contribution in [3.8, 4) is 0 Å². The van der Waals surface area contributed by atoms with Crippen LogP contribution in [-0.4, -0.2) is 25.5 Å². The molecule has 3 heteroatoms. The first-order valence-electron chi connectivity index (χ1n) is 5.22. The molecular formula is C12H21N3. The lowest BCUT2D eigenvalue weighted by Gasteiger charge is -2.22. The molecule has 1 aromatic rings. The van der Waals surface area contributed by atoms with Crippen LogP contribution in [0.2, 0.25) is 0 Å². The summed E-state index contributed by atoms with van der Waals surface area (Å²) in [6.07, 6.45) is 0. The second-order valence-electron chi connectivity index (χ2n) is 4.34. The topological polar surface area (TPSA) is 41.3 Å². The quantitative estimate of drug-likeness (QED) is 0.579. The highest BCUT2D eigenvalue weighted by Crippen LogP contribution is 2.19. The highest BCUT2D eigenvalue weighted by Gasteiger charge is 2.12. The molecule has 84 valence electrons.